The highest BCUT2D eigenvalue weighted by atomic mass is 79.9. The molecule has 0 aliphatic rings. The summed E-state index contributed by atoms with van der Waals surface area (Å²) in [6.45, 7) is 1.64. The van der Waals surface area contributed by atoms with Crippen LogP contribution >= 0.6 is 27.7 Å². The third-order valence-electron chi connectivity index (χ3n) is 2.50. The van der Waals surface area contributed by atoms with Crippen LogP contribution in [0.25, 0.3) is 0 Å². The predicted molar refractivity (Wildman–Crippen MR) is 75.3 cm³/mol. The van der Waals surface area contributed by atoms with Crippen molar-refractivity contribution in [2.45, 2.75) is 22.8 Å². The molecule has 0 radical (unpaired) electrons. The number of benzene rings is 2. The Hall–Kier alpha value is -0.840. The van der Waals surface area contributed by atoms with Gasteiger partial charge in [-0.3, -0.25) is 0 Å². The Morgan fingerprint density at radius 1 is 1.17 bits per heavy atom. The van der Waals surface area contributed by atoms with Crippen LogP contribution in [0.4, 0.5) is 4.39 Å². The molecule has 0 fully saturated rings. The minimum atomic E-state index is -0.689. The highest BCUT2D eigenvalue weighted by molar-refractivity contribution is 9.10. The average Bonchev–Trinajstić information content (AvgIpc) is 2.34. The van der Waals surface area contributed by atoms with Crippen LogP contribution in [0.1, 0.15) is 18.6 Å². The number of rotatable bonds is 3. The summed E-state index contributed by atoms with van der Waals surface area (Å²) in [5, 5.41) is 9.68. The molecule has 0 heterocycles. The van der Waals surface area contributed by atoms with Gasteiger partial charge in [-0.15, -0.1) is 0 Å². The van der Waals surface area contributed by atoms with Crippen molar-refractivity contribution in [1.82, 2.24) is 0 Å². The molecule has 0 bridgehead atoms. The zero-order chi connectivity index (χ0) is 13.1. The molecule has 0 spiro atoms. The lowest BCUT2D eigenvalue weighted by atomic mass is 10.1. The Kier molecular flexibility index (Phi) is 4.43. The maximum absolute atomic E-state index is 13.9. The van der Waals surface area contributed by atoms with Crippen molar-refractivity contribution in [3.63, 3.8) is 0 Å². The van der Waals surface area contributed by atoms with E-state index in [1.807, 2.05) is 24.3 Å². The van der Waals surface area contributed by atoms with Crippen molar-refractivity contribution < 1.29 is 9.50 Å². The van der Waals surface area contributed by atoms with E-state index in [9.17, 15) is 9.50 Å². The molecule has 2 aromatic carbocycles. The Bertz CT molecular complexity index is 557. The van der Waals surface area contributed by atoms with E-state index in [4.69, 9.17) is 0 Å². The van der Waals surface area contributed by atoms with Gasteiger partial charge in [0, 0.05) is 9.37 Å². The van der Waals surface area contributed by atoms with Crippen LogP contribution in [0, 0.1) is 5.82 Å². The monoisotopic (exact) mass is 326 g/mol. The maximum Gasteiger partial charge on any atom is 0.137 e. The van der Waals surface area contributed by atoms with Crippen LogP contribution in [-0.4, -0.2) is 5.11 Å². The van der Waals surface area contributed by atoms with E-state index >= 15 is 0 Å². The molecule has 0 aromatic heterocycles. The van der Waals surface area contributed by atoms with E-state index in [1.54, 1.807) is 19.1 Å². The summed E-state index contributed by atoms with van der Waals surface area (Å²) in [4.78, 5) is 1.39. The number of hydrogen-bond acceptors (Lipinski definition) is 2. The van der Waals surface area contributed by atoms with Gasteiger partial charge < -0.3 is 5.11 Å². The lowest BCUT2D eigenvalue weighted by Gasteiger charge is -2.13. The van der Waals surface area contributed by atoms with E-state index in [0.29, 0.717) is 10.5 Å². The third kappa shape index (κ3) is 2.94. The molecule has 2 aromatic rings. The van der Waals surface area contributed by atoms with E-state index in [2.05, 4.69) is 15.9 Å². The second kappa shape index (κ2) is 5.87. The van der Waals surface area contributed by atoms with Crippen LogP contribution < -0.4 is 0 Å². The first kappa shape index (κ1) is 13.6. The predicted octanol–water partition coefficient (Wildman–Crippen LogP) is 4.79. The van der Waals surface area contributed by atoms with Crippen LogP contribution in [0.3, 0.4) is 0 Å². The quantitative estimate of drug-likeness (QED) is 0.874. The SMILES string of the molecule is CC(O)c1cccc(F)c1Sc1ccccc1Br. The van der Waals surface area contributed by atoms with Crippen LogP contribution in [-0.2, 0) is 0 Å². The van der Waals surface area contributed by atoms with Crippen LogP contribution in [0.5, 0.6) is 0 Å². The molecule has 4 heteroatoms. The summed E-state index contributed by atoms with van der Waals surface area (Å²) in [6, 6.07) is 12.4. The highest BCUT2D eigenvalue weighted by Gasteiger charge is 2.14. The third-order valence-corrected chi connectivity index (χ3v) is 4.66. The summed E-state index contributed by atoms with van der Waals surface area (Å²) in [7, 11) is 0. The highest BCUT2D eigenvalue weighted by Crippen LogP contribution is 2.38. The minimum absolute atomic E-state index is 0.311. The second-order valence-electron chi connectivity index (χ2n) is 3.87. The van der Waals surface area contributed by atoms with Gasteiger partial charge in [0.1, 0.15) is 5.82 Å². The topological polar surface area (TPSA) is 20.2 Å². The molecule has 1 unspecified atom stereocenters. The molecule has 0 aliphatic carbocycles. The normalized spacial score (nSPS) is 12.4. The molecule has 1 atom stereocenters. The molecule has 0 aliphatic heterocycles. The van der Waals surface area contributed by atoms with Gasteiger partial charge in [0.2, 0.25) is 0 Å². The molecular weight excluding hydrogens is 315 g/mol. The lowest BCUT2D eigenvalue weighted by Crippen LogP contribution is -1.96. The van der Waals surface area contributed by atoms with Gasteiger partial charge in [-0.1, -0.05) is 36.0 Å². The van der Waals surface area contributed by atoms with Crippen molar-refractivity contribution in [3.8, 4) is 0 Å². The van der Waals surface area contributed by atoms with Gasteiger partial charge in [-0.05, 0) is 46.6 Å². The largest absolute Gasteiger partial charge is 0.389 e. The Morgan fingerprint density at radius 3 is 2.56 bits per heavy atom. The Balaban J connectivity index is 2.43. The van der Waals surface area contributed by atoms with Gasteiger partial charge in [0.15, 0.2) is 0 Å². The van der Waals surface area contributed by atoms with Crippen molar-refractivity contribution >= 4 is 27.7 Å². The number of halogens is 2. The molecule has 1 N–H and O–H groups in total. The fraction of sp³-hybridized carbons (Fsp3) is 0.143. The van der Waals surface area contributed by atoms with Crippen molar-refractivity contribution in [3.05, 3.63) is 58.3 Å². The van der Waals surface area contributed by atoms with Gasteiger partial charge in [0.25, 0.3) is 0 Å². The first-order valence-electron chi connectivity index (χ1n) is 5.48. The second-order valence-corrected chi connectivity index (χ2v) is 5.77. The smallest absolute Gasteiger partial charge is 0.137 e. The van der Waals surface area contributed by atoms with E-state index in [0.717, 1.165) is 9.37 Å². The molecule has 1 nitrogen and oxygen atoms in total. The molecule has 0 saturated heterocycles. The molecule has 94 valence electrons. The molecular formula is C14H12BrFOS. The summed E-state index contributed by atoms with van der Waals surface area (Å²) in [5.41, 5.74) is 0.607. The Labute approximate surface area is 118 Å². The van der Waals surface area contributed by atoms with Gasteiger partial charge >= 0.3 is 0 Å². The van der Waals surface area contributed by atoms with Gasteiger partial charge in [-0.25, -0.2) is 4.39 Å². The average molecular weight is 327 g/mol. The van der Waals surface area contributed by atoms with Crippen molar-refractivity contribution in [2.75, 3.05) is 0 Å². The molecule has 0 saturated carbocycles. The lowest BCUT2D eigenvalue weighted by molar-refractivity contribution is 0.195. The first-order chi connectivity index (χ1) is 8.59. The summed E-state index contributed by atoms with van der Waals surface area (Å²) in [6.07, 6.45) is -0.689. The molecule has 18 heavy (non-hydrogen) atoms. The van der Waals surface area contributed by atoms with Crippen LogP contribution in [0.2, 0.25) is 0 Å². The summed E-state index contributed by atoms with van der Waals surface area (Å²) < 4.78 is 14.8. The minimum Gasteiger partial charge on any atom is -0.389 e. The molecule has 2 rings (SSSR count). The van der Waals surface area contributed by atoms with E-state index < -0.39 is 6.10 Å². The maximum atomic E-state index is 13.9. The van der Waals surface area contributed by atoms with Crippen LogP contribution in [0.15, 0.2) is 56.7 Å². The fourth-order valence-electron chi connectivity index (χ4n) is 1.60. The first-order valence-corrected chi connectivity index (χ1v) is 7.09. The molecule has 0 amide bonds. The van der Waals surface area contributed by atoms with Gasteiger partial charge in [0.05, 0.1) is 11.0 Å². The van der Waals surface area contributed by atoms with E-state index in [-0.39, 0.29) is 5.82 Å². The standard InChI is InChI=1S/C14H12BrFOS/c1-9(17)10-5-4-7-12(16)14(10)18-13-8-3-2-6-11(13)15/h2-9,17H,1H3. The number of aliphatic hydroxyl groups is 1. The van der Waals surface area contributed by atoms with Crippen molar-refractivity contribution in [1.29, 1.82) is 0 Å². The zero-order valence-electron chi connectivity index (χ0n) is 9.73. The van der Waals surface area contributed by atoms with Crippen molar-refractivity contribution in [2.24, 2.45) is 0 Å². The van der Waals surface area contributed by atoms with Gasteiger partial charge in [-0.2, -0.15) is 0 Å². The summed E-state index contributed by atoms with van der Waals surface area (Å²) >= 11 is 4.75. The fourth-order valence-corrected chi connectivity index (χ4v) is 3.18. The number of aliphatic hydroxyl groups excluding tert-OH is 1. The zero-order valence-corrected chi connectivity index (χ0v) is 12.1. The summed E-state index contributed by atoms with van der Waals surface area (Å²) in [5.74, 6) is -0.311. The van der Waals surface area contributed by atoms with E-state index in [1.165, 1.54) is 17.8 Å². The number of hydrogen-bond donors (Lipinski definition) is 1. The Morgan fingerprint density at radius 2 is 1.89 bits per heavy atom.